The van der Waals surface area contributed by atoms with Crippen LogP contribution in [0.4, 0.5) is 0 Å². The third-order valence-electron chi connectivity index (χ3n) is 15.5. The third-order valence-corrected chi connectivity index (χ3v) is 15.5. The van der Waals surface area contributed by atoms with Crippen molar-refractivity contribution in [3.8, 4) is 0 Å². The number of unbranched alkanes of at least 4 members (excludes halogenated alkanes) is 11. The normalized spacial score (nSPS) is 34.5. The Morgan fingerprint density at radius 3 is 2.02 bits per heavy atom. The van der Waals surface area contributed by atoms with Gasteiger partial charge in [0.05, 0.1) is 0 Å². The molecule has 2 nitrogen and oxygen atoms in total. The molecule has 4 rings (SSSR count). The molecule has 4 fully saturated rings. The van der Waals surface area contributed by atoms with Gasteiger partial charge in [0.15, 0.2) is 0 Å². The lowest BCUT2D eigenvalue weighted by Crippen LogP contribution is -2.54. The molecule has 48 heavy (non-hydrogen) atoms. The van der Waals surface area contributed by atoms with Gasteiger partial charge in [0.1, 0.15) is 6.10 Å². The summed E-state index contributed by atoms with van der Waals surface area (Å²) in [6.45, 7) is 17.6. The number of carbonyl (C=O) groups excluding carboxylic acids is 1. The highest BCUT2D eigenvalue weighted by Crippen LogP contribution is 2.68. The lowest BCUT2D eigenvalue weighted by molar-refractivity contribution is -0.162. The topological polar surface area (TPSA) is 26.3 Å². The minimum Gasteiger partial charge on any atom is -0.462 e. The monoisotopic (exact) mass is 667 g/mol. The summed E-state index contributed by atoms with van der Waals surface area (Å²) in [5, 5.41) is 0. The first kappa shape index (κ1) is 40.0. The fraction of sp³-hybridized carbons (Fsp3) is 0.935. The Labute approximate surface area is 300 Å². The van der Waals surface area contributed by atoms with Crippen molar-refractivity contribution >= 4 is 5.97 Å². The fourth-order valence-corrected chi connectivity index (χ4v) is 11.9. The molecule has 0 N–H and O–H groups in total. The quantitative estimate of drug-likeness (QED) is 0.0692. The van der Waals surface area contributed by atoms with E-state index >= 15 is 0 Å². The van der Waals surface area contributed by atoms with Crippen LogP contribution in [-0.2, 0) is 9.53 Å². The van der Waals surface area contributed by atoms with Crippen LogP contribution in [0.5, 0.6) is 0 Å². The van der Waals surface area contributed by atoms with Gasteiger partial charge >= 0.3 is 5.97 Å². The van der Waals surface area contributed by atoms with Crippen LogP contribution in [0.1, 0.15) is 209 Å². The summed E-state index contributed by atoms with van der Waals surface area (Å²) in [5.41, 5.74) is 1.04. The van der Waals surface area contributed by atoms with Crippen molar-refractivity contribution in [1.82, 2.24) is 0 Å². The van der Waals surface area contributed by atoms with E-state index in [9.17, 15) is 4.79 Å². The molecule has 0 aromatic rings. The molecular formula is C46H82O2. The zero-order valence-electron chi connectivity index (χ0n) is 33.3. The van der Waals surface area contributed by atoms with Gasteiger partial charge in [-0.2, -0.15) is 0 Å². The van der Waals surface area contributed by atoms with E-state index < -0.39 is 0 Å². The molecular weight excluding hydrogens is 585 g/mol. The average Bonchev–Trinajstić information content (AvgIpc) is 3.42. The molecule has 0 bridgehead atoms. The van der Waals surface area contributed by atoms with E-state index in [1.807, 2.05) is 0 Å². The van der Waals surface area contributed by atoms with Gasteiger partial charge in [-0.25, -0.2) is 0 Å². The Hall–Kier alpha value is -0.790. The molecule has 0 heterocycles. The van der Waals surface area contributed by atoms with Crippen LogP contribution in [0.15, 0.2) is 12.2 Å². The van der Waals surface area contributed by atoms with Gasteiger partial charge in [0.25, 0.3) is 0 Å². The number of carbonyl (C=O) groups is 1. The van der Waals surface area contributed by atoms with Gasteiger partial charge in [-0.1, -0.05) is 125 Å². The zero-order valence-corrected chi connectivity index (χ0v) is 33.3. The second kappa shape index (κ2) is 19.7. The van der Waals surface area contributed by atoms with Crippen LogP contribution in [0.25, 0.3) is 0 Å². The van der Waals surface area contributed by atoms with E-state index in [0.717, 1.165) is 66.6 Å². The summed E-state index contributed by atoms with van der Waals surface area (Å²) in [4.78, 5) is 12.8. The second-order valence-corrected chi connectivity index (χ2v) is 18.9. The number of rotatable bonds is 21. The number of hydrogen-bond donors (Lipinski definition) is 0. The summed E-state index contributed by atoms with van der Waals surface area (Å²) in [6.07, 6.45) is 37.4. The Balaban J connectivity index is 1.11. The van der Waals surface area contributed by atoms with Gasteiger partial charge in [-0.05, 0) is 148 Å². The standard InChI is InChI=1S/C46H82O2/c1-8-9-10-11-12-13-14-15-16-17-18-19-20-21-22-23-44(47)48-39-30-32-45(6)38(34-39)26-27-40-42-29-28-41(46(42,7)33-31-43(40)45)37(5)25-24-36(4)35(2)3/h15-16,35-43H,8-14,17-34H2,1-7H3/b16-15+/t36-,37+,38-,39-,40-,41+,42-,43-,45-,46+/m0/s1. The summed E-state index contributed by atoms with van der Waals surface area (Å²) in [5.74, 6) is 7.10. The minimum absolute atomic E-state index is 0.0808. The predicted octanol–water partition coefficient (Wildman–Crippen LogP) is 14.3. The lowest BCUT2D eigenvalue weighted by atomic mass is 9.44. The molecule has 10 atom stereocenters. The first-order valence-electron chi connectivity index (χ1n) is 21.9. The number of hydrogen-bond acceptors (Lipinski definition) is 2. The molecule has 0 saturated heterocycles. The first-order valence-corrected chi connectivity index (χ1v) is 21.9. The lowest BCUT2D eigenvalue weighted by Gasteiger charge is -2.61. The molecule has 0 aromatic heterocycles. The van der Waals surface area contributed by atoms with Crippen LogP contribution in [-0.4, -0.2) is 12.1 Å². The van der Waals surface area contributed by atoms with Gasteiger partial charge in [0, 0.05) is 6.42 Å². The van der Waals surface area contributed by atoms with Crippen molar-refractivity contribution in [2.75, 3.05) is 0 Å². The van der Waals surface area contributed by atoms with Gasteiger partial charge in [0.2, 0.25) is 0 Å². The van der Waals surface area contributed by atoms with Crippen LogP contribution in [0.2, 0.25) is 0 Å². The second-order valence-electron chi connectivity index (χ2n) is 18.9. The van der Waals surface area contributed by atoms with Crippen LogP contribution in [0, 0.1) is 58.2 Å². The first-order chi connectivity index (χ1) is 23.1. The number of ether oxygens (including phenoxy) is 1. The molecule has 0 amide bonds. The van der Waals surface area contributed by atoms with Crippen LogP contribution in [0.3, 0.4) is 0 Å². The van der Waals surface area contributed by atoms with Gasteiger partial charge in [-0.15, -0.1) is 0 Å². The molecule has 0 radical (unpaired) electrons. The predicted molar refractivity (Wildman–Crippen MR) is 207 cm³/mol. The molecule has 4 saturated carbocycles. The third kappa shape index (κ3) is 10.6. The number of fused-ring (bicyclic) bond motifs is 5. The van der Waals surface area contributed by atoms with Crippen molar-refractivity contribution in [2.24, 2.45) is 58.2 Å². The maximum Gasteiger partial charge on any atom is 0.306 e. The molecule has 0 unspecified atom stereocenters. The van der Waals surface area contributed by atoms with E-state index in [4.69, 9.17) is 4.74 Å². The molecule has 2 heteroatoms. The van der Waals surface area contributed by atoms with Crippen LogP contribution < -0.4 is 0 Å². The Morgan fingerprint density at radius 2 is 1.33 bits per heavy atom. The Morgan fingerprint density at radius 1 is 0.708 bits per heavy atom. The van der Waals surface area contributed by atoms with E-state index in [1.54, 1.807) is 0 Å². The molecule has 4 aliphatic carbocycles. The van der Waals surface area contributed by atoms with Crippen molar-refractivity contribution in [2.45, 2.75) is 215 Å². The van der Waals surface area contributed by atoms with Crippen molar-refractivity contribution in [1.29, 1.82) is 0 Å². The highest BCUT2D eigenvalue weighted by atomic mass is 16.5. The average molecular weight is 667 g/mol. The molecule has 0 aliphatic heterocycles. The maximum atomic E-state index is 12.8. The van der Waals surface area contributed by atoms with Crippen LogP contribution >= 0.6 is 0 Å². The molecule has 278 valence electrons. The van der Waals surface area contributed by atoms with Gasteiger partial charge < -0.3 is 4.74 Å². The van der Waals surface area contributed by atoms with Gasteiger partial charge in [-0.3, -0.25) is 4.79 Å². The maximum absolute atomic E-state index is 12.8. The Kier molecular flexibility index (Phi) is 16.4. The highest BCUT2D eigenvalue weighted by molar-refractivity contribution is 5.69. The Bertz CT molecular complexity index is 952. The minimum atomic E-state index is 0.0808. The number of allylic oxidation sites excluding steroid dienone is 2. The summed E-state index contributed by atoms with van der Waals surface area (Å²) in [6, 6.07) is 0. The summed E-state index contributed by atoms with van der Waals surface area (Å²) < 4.78 is 6.17. The SMILES string of the molecule is CCCCCCCC/C=C/CCCCCCCC(=O)O[C@H]1CC[C@@]2(C)[C@@H](CC[C@@H]3[C@@H]2CC[C@]2(C)[C@@H]([C@H](C)CC[C@H](C)C(C)C)CC[C@@H]32)C1. The van der Waals surface area contributed by atoms with E-state index in [1.165, 1.54) is 135 Å². The smallest absolute Gasteiger partial charge is 0.306 e. The van der Waals surface area contributed by atoms with Crippen molar-refractivity contribution in [3.63, 3.8) is 0 Å². The number of esters is 1. The molecule has 0 spiro atoms. The molecule has 4 aliphatic rings. The zero-order chi connectivity index (χ0) is 34.6. The van der Waals surface area contributed by atoms with E-state index in [-0.39, 0.29) is 12.1 Å². The van der Waals surface area contributed by atoms with Crippen molar-refractivity contribution < 1.29 is 9.53 Å². The van der Waals surface area contributed by atoms with Crippen molar-refractivity contribution in [3.05, 3.63) is 12.2 Å². The highest BCUT2D eigenvalue weighted by Gasteiger charge is 2.60. The van der Waals surface area contributed by atoms with E-state index in [0.29, 0.717) is 17.3 Å². The summed E-state index contributed by atoms with van der Waals surface area (Å²) in [7, 11) is 0. The fourth-order valence-electron chi connectivity index (χ4n) is 11.9. The van der Waals surface area contributed by atoms with E-state index in [2.05, 4.69) is 60.6 Å². The largest absolute Gasteiger partial charge is 0.462 e. The summed E-state index contributed by atoms with van der Waals surface area (Å²) >= 11 is 0. The molecule has 0 aromatic carbocycles.